The summed E-state index contributed by atoms with van der Waals surface area (Å²) in [7, 11) is 1.70. The largest absolute Gasteiger partial charge is 0.385 e. The number of nitrogens with zero attached hydrogens (tertiary/aromatic N) is 4. The maximum Gasteiger partial charge on any atom is 0.222 e. The Morgan fingerprint density at radius 1 is 1.36 bits per heavy atom. The molecule has 0 unspecified atom stereocenters. The van der Waals surface area contributed by atoms with Gasteiger partial charge in [-0.1, -0.05) is 6.07 Å². The molecule has 2 fully saturated rings. The third-order valence-corrected chi connectivity index (χ3v) is 5.36. The Kier molecular flexibility index (Phi) is 5.54. The number of hydrogen-bond acceptors (Lipinski definition) is 5. The summed E-state index contributed by atoms with van der Waals surface area (Å²) < 4.78 is 5.12. The number of aromatic nitrogens is 1. The third kappa shape index (κ3) is 4.10. The van der Waals surface area contributed by atoms with E-state index in [4.69, 9.17) is 10.00 Å². The Morgan fingerprint density at radius 2 is 2.24 bits per heavy atom. The summed E-state index contributed by atoms with van der Waals surface area (Å²) >= 11 is 0. The number of pyridine rings is 1. The fraction of sp³-hybridized carbons (Fsp3) is 0.632. The Bertz CT molecular complexity index is 657. The van der Waals surface area contributed by atoms with Gasteiger partial charge in [0.15, 0.2) is 0 Å². The van der Waals surface area contributed by atoms with Crippen molar-refractivity contribution in [2.45, 2.75) is 32.1 Å². The van der Waals surface area contributed by atoms with Gasteiger partial charge < -0.3 is 14.5 Å². The number of ether oxygens (including phenoxy) is 1. The van der Waals surface area contributed by atoms with Crippen molar-refractivity contribution in [1.29, 1.82) is 5.26 Å². The second kappa shape index (κ2) is 7.83. The summed E-state index contributed by atoms with van der Waals surface area (Å²) in [6.07, 6.45) is 4.70. The summed E-state index contributed by atoms with van der Waals surface area (Å²) in [5, 5.41) is 9.08. The maximum absolute atomic E-state index is 12.3. The molecule has 1 spiro atoms. The quantitative estimate of drug-likeness (QED) is 0.767. The zero-order valence-corrected chi connectivity index (χ0v) is 14.9. The zero-order valence-electron chi connectivity index (χ0n) is 14.9. The number of piperidine rings is 2. The zero-order chi connectivity index (χ0) is 17.7. The van der Waals surface area contributed by atoms with E-state index < -0.39 is 0 Å². The van der Waals surface area contributed by atoms with E-state index in [0.29, 0.717) is 18.7 Å². The van der Waals surface area contributed by atoms with Gasteiger partial charge in [0.2, 0.25) is 5.91 Å². The minimum absolute atomic E-state index is 0.142. The lowest BCUT2D eigenvalue weighted by atomic mass is 9.73. The van der Waals surface area contributed by atoms with Gasteiger partial charge >= 0.3 is 0 Å². The number of likely N-dealkylation sites (tertiary alicyclic amines) is 1. The van der Waals surface area contributed by atoms with Gasteiger partial charge in [-0.15, -0.1) is 0 Å². The highest BCUT2D eigenvalue weighted by Gasteiger charge is 2.41. The minimum atomic E-state index is 0.142. The van der Waals surface area contributed by atoms with Crippen LogP contribution in [0.15, 0.2) is 18.2 Å². The van der Waals surface area contributed by atoms with Crippen LogP contribution in [0.25, 0.3) is 0 Å². The minimum Gasteiger partial charge on any atom is -0.385 e. The van der Waals surface area contributed by atoms with E-state index in [-0.39, 0.29) is 11.3 Å². The summed E-state index contributed by atoms with van der Waals surface area (Å²) in [6.45, 7) is 4.15. The van der Waals surface area contributed by atoms with E-state index in [2.05, 4.69) is 16.0 Å². The number of methoxy groups -OCH3 is 1. The van der Waals surface area contributed by atoms with Gasteiger partial charge in [0.05, 0.1) is 0 Å². The first-order chi connectivity index (χ1) is 12.2. The number of amides is 1. The fourth-order valence-electron chi connectivity index (χ4n) is 4.10. The molecule has 0 aliphatic carbocycles. The number of nitriles is 1. The molecule has 6 nitrogen and oxygen atoms in total. The van der Waals surface area contributed by atoms with Crippen LogP contribution in [-0.2, 0) is 9.53 Å². The lowest BCUT2D eigenvalue weighted by molar-refractivity contribution is -0.138. The Balaban J connectivity index is 1.70. The Labute approximate surface area is 149 Å². The van der Waals surface area contributed by atoms with Crippen LogP contribution in [0.2, 0.25) is 0 Å². The summed E-state index contributed by atoms with van der Waals surface area (Å²) in [5.41, 5.74) is 0.598. The molecule has 0 saturated carbocycles. The first-order valence-electron chi connectivity index (χ1n) is 9.05. The number of carbonyl (C=O) groups excluding carboxylic acids is 1. The summed E-state index contributed by atoms with van der Waals surface area (Å²) in [4.78, 5) is 21.0. The first kappa shape index (κ1) is 17.7. The average Bonchev–Trinajstić information content (AvgIpc) is 2.65. The maximum atomic E-state index is 12.3. The van der Waals surface area contributed by atoms with Gasteiger partial charge in [0.1, 0.15) is 17.6 Å². The van der Waals surface area contributed by atoms with Gasteiger partial charge in [-0.2, -0.15) is 5.26 Å². The van der Waals surface area contributed by atoms with Gasteiger partial charge in [-0.05, 0) is 37.8 Å². The number of anilines is 1. The van der Waals surface area contributed by atoms with E-state index in [1.54, 1.807) is 13.2 Å². The second-order valence-electron chi connectivity index (χ2n) is 7.18. The molecule has 1 aromatic rings. The molecule has 134 valence electrons. The molecule has 6 heteroatoms. The van der Waals surface area contributed by atoms with Crippen LogP contribution in [-0.4, -0.2) is 55.7 Å². The van der Waals surface area contributed by atoms with Crippen LogP contribution in [0, 0.1) is 16.7 Å². The second-order valence-corrected chi connectivity index (χ2v) is 7.18. The Hall–Kier alpha value is -2.13. The van der Waals surface area contributed by atoms with Crippen LogP contribution >= 0.6 is 0 Å². The van der Waals surface area contributed by atoms with Crippen molar-refractivity contribution in [2.75, 3.05) is 44.8 Å². The van der Waals surface area contributed by atoms with Crippen molar-refractivity contribution in [3.63, 3.8) is 0 Å². The third-order valence-electron chi connectivity index (χ3n) is 5.36. The van der Waals surface area contributed by atoms with Crippen molar-refractivity contribution < 1.29 is 9.53 Å². The van der Waals surface area contributed by atoms with E-state index in [1.165, 1.54) is 0 Å². The standard InChI is InChI=1S/C19H26N4O2/c1-25-12-4-11-23-15-19(9-7-18(23)24)8-3-10-22(14-19)17-6-2-5-16(13-20)21-17/h2,5-6H,3-4,7-12,14-15H2,1H3/t19-/m0/s1. The number of rotatable bonds is 5. The molecule has 0 N–H and O–H groups in total. The fourth-order valence-corrected chi connectivity index (χ4v) is 4.10. The summed E-state index contributed by atoms with van der Waals surface area (Å²) in [5.74, 6) is 1.14. The molecule has 2 saturated heterocycles. The van der Waals surface area contributed by atoms with Crippen molar-refractivity contribution in [3.8, 4) is 6.07 Å². The van der Waals surface area contributed by atoms with E-state index in [0.717, 1.165) is 57.7 Å². The molecular weight excluding hydrogens is 316 g/mol. The predicted molar refractivity (Wildman–Crippen MR) is 95.1 cm³/mol. The SMILES string of the molecule is COCCCN1C[C@@]2(CCCN(c3cccc(C#N)n3)C2)CCC1=O. The van der Waals surface area contributed by atoms with Crippen LogP contribution in [0.5, 0.6) is 0 Å². The monoisotopic (exact) mass is 342 g/mol. The predicted octanol–water partition coefficient (Wildman–Crippen LogP) is 2.20. The highest BCUT2D eigenvalue weighted by molar-refractivity contribution is 5.77. The molecule has 25 heavy (non-hydrogen) atoms. The van der Waals surface area contributed by atoms with Gasteiger partial charge in [-0.25, -0.2) is 4.98 Å². The van der Waals surface area contributed by atoms with Crippen molar-refractivity contribution >= 4 is 11.7 Å². The molecule has 1 atom stereocenters. The van der Waals surface area contributed by atoms with Crippen molar-refractivity contribution in [2.24, 2.45) is 5.41 Å². The molecule has 1 aromatic heterocycles. The molecule has 1 amide bonds. The molecule has 3 heterocycles. The molecule has 3 rings (SSSR count). The summed E-state index contributed by atoms with van der Waals surface area (Å²) in [6, 6.07) is 7.72. The molecule has 0 bridgehead atoms. The van der Waals surface area contributed by atoms with Gasteiger partial charge in [0.25, 0.3) is 0 Å². The lowest BCUT2D eigenvalue weighted by Crippen LogP contribution is -2.54. The first-order valence-corrected chi connectivity index (χ1v) is 9.05. The van der Waals surface area contributed by atoms with Gasteiger partial charge in [-0.3, -0.25) is 4.79 Å². The van der Waals surface area contributed by atoms with Crippen LogP contribution in [0.3, 0.4) is 0 Å². The average molecular weight is 342 g/mol. The van der Waals surface area contributed by atoms with Crippen LogP contribution in [0.1, 0.15) is 37.8 Å². The lowest BCUT2D eigenvalue weighted by Gasteiger charge is -2.48. The highest BCUT2D eigenvalue weighted by atomic mass is 16.5. The number of hydrogen-bond donors (Lipinski definition) is 0. The van der Waals surface area contributed by atoms with Crippen molar-refractivity contribution in [1.82, 2.24) is 9.88 Å². The normalized spacial score (nSPS) is 23.8. The molecule has 2 aliphatic heterocycles. The van der Waals surface area contributed by atoms with Crippen LogP contribution < -0.4 is 4.90 Å². The molecular formula is C19H26N4O2. The molecule has 2 aliphatic rings. The van der Waals surface area contributed by atoms with Crippen molar-refractivity contribution in [3.05, 3.63) is 23.9 Å². The highest BCUT2D eigenvalue weighted by Crippen LogP contribution is 2.39. The van der Waals surface area contributed by atoms with E-state index >= 15 is 0 Å². The van der Waals surface area contributed by atoms with Crippen LogP contribution in [0.4, 0.5) is 5.82 Å². The van der Waals surface area contributed by atoms with Gasteiger partial charge in [0, 0.05) is 51.7 Å². The topological polar surface area (TPSA) is 69.5 Å². The molecule has 0 radical (unpaired) electrons. The van der Waals surface area contributed by atoms with E-state index in [9.17, 15) is 4.79 Å². The molecule has 0 aromatic carbocycles. The number of carbonyl (C=O) groups is 1. The smallest absolute Gasteiger partial charge is 0.222 e. The van der Waals surface area contributed by atoms with E-state index in [1.807, 2.05) is 17.0 Å². The Morgan fingerprint density at radius 3 is 3.04 bits per heavy atom.